The zero-order chi connectivity index (χ0) is 14.9. The van der Waals surface area contributed by atoms with Crippen molar-refractivity contribution in [2.24, 2.45) is 0 Å². The molecule has 1 fully saturated rings. The van der Waals surface area contributed by atoms with Gasteiger partial charge in [0.25, 0.3) is 0 Å². The van der Waals surface area contributed by atoms with Gasteiger partial charge in [0.05, 0.1) is 0 Å². The van der Waals surface area contributed by atoms with Crippen molar-refractivity contribution in [3.63, 3.8) is 0 Å². The second kappa shape index (κ2) is 5.44. The Morgan fingerprint density at radius 2 is 1.89 bits per heavy atom. The second-order valence-corrected chi connectivity index (χ2v) is 12.0. The molecule has 1 aliphatic rings. The van der Waals surface area contributed by atoms with Gasteiger partial charge in [-0.3, -0.25) is 4.90 Å². The number of rotatable bonds is 2. The third kappa shape index (κ3) is 5.14. The summed E-state index contributed by atoms with van der Waals surface area (Å²) >= 11 is 0. The summed E-state index contributed by atoms with van der Waals surface area (Å²) in [6.07, 6.45) is 0.995. The van der Waals surface area contributed by atoms with Crippen LogP contribution in [-0.2, 0) is 4.43 Å². The van der Waals surface area contributed by atoms with Gasteiger partial charge in [-0.05, 0) is 52.9 Å². The Morgan fingerprint density at radius 1 is 1.32 bits per heavy atom. The van der Waals surface area contributed by atoms with E-state index in [1.54, 1.807) is 0 Å². The van der Waals surface area contributed by atoms with E-state index in [1.807, 2.05) is 6.92 Å². The molecule has 1 heterocycles. The summed E-state index contributed by atoms with van der Waals surface area (Å²) in [6, 6.07) is 0. The topological polar surface area (TPSA) is 12.5 Å². The summed E-state index contributed by atoms with van der Waals surface area (Å²) in [4.78, 5) is 2.47. The van der Waals surface area contributed by atoms with Gasteiger partial charge in [0.15, 0.2) is 8.32 Å². The van der Waals surface area contributed by atoms with Crippen molar-refractivity contribution in [2.75, 3.05) is 13.1 Å². The summed E-state index contributed by atoms with van der Waals surface area (Å²) < 4.78 is 6.44. The minimum atomic E-state index is -1.61. The first-order valence-electron chi connectivity index (χ1n) is 7.07. The van der Waals surface area contributed by atoms with Crippen LogP contribution in [0.1, 0.15) is 34.1 Å². The SMILES string of the molecule is C=C(C)C#CC1(O[Si](C)(C)C)CCN(C(C)(C)C)C1. The zero-order valence-corrected chi connectivity index (χ0v) is 14.7. The van der Waals surface area contributed by atoms with Crippen molar-refractivity contribution in [3.8, 4) is 11.8 Å². The summed E-state index contributed by atoms with van der Waals surface area (Å²) in [6.45, 7) is 21.2. The Hall–Kier alpha value is -0.563. The van der Waals surface area contributed by atoms with Crippen molar-refractivity contribution in [3.05, 3.63) is 12.2 Å². The molecule has 1 aliphatic heterocycles. The quantitative estimate of drug-likeness (QED) is 0.565. The molecule has 0 N–H and O–H groups in total. The summed E-state index contributed by atoms with van der Waals surface area (Å²) in [5.74, 6) is 6.52. The molecule has 0 aliphatic carbocycles. The lowest BCUT2D eigenvalue weighted by atomic mass is 10.0. The maximum Gasteiger partial charge on any atom is 0.185 e. The molecule has 2 nitrogen and oxygen atoms in total. The van der Waals surface area contributed by atoms with Crippen LogP contribution in [0.25, 0.3) is 0 Å². The number of likely N-dealkylation sites (tertiary alicyclic amines) is 1. The van der Waals surface area contributed by atoms with Crippen LogP contribution in [0.4, 0.5) is 0 Å². The van der Waals surface area contributed by atoms with Gasteiger partial charge >= 0.3 is 0 Å². The highest BCUT2D eigenvalue weighted by Crippen LogP contribution is 2.32. The Kier molecular flexibility index (Phi) is 4.72. The van der Waals surface area contributed by atoms with Crippen LogP contribution in [-0.4, -0.2) is 37.4 Å². The molecule has 1 atom stereocenters. The first-order chi connectivity index (χ1) is 8.44. The smallest absolute Gasteiger partial charge is 0.185 e. The normalized spacial score (nSPS) is 25.0. The molecule has 0 radical (unpaired) electrons. The van der Waals surface area contributed by atoms with Crippen LogP contribution in [0.3, 0.4) is 0 Å². The lowest BCUT2D eigenvalue weighted by Crippen LogP contribution is -2.47. The van der Waals surface area contributed by atoms with Crippen molar-refractivity contribution < 1.29 is 4.43 Å². The molecule has 0 amide bonds. The number of hydrogen-bond donors (Lipinski definition) is 0. The molecule has 0 aromatic heterocycles. The maximum atomic E-state index is 6.44. The number of hydrogen-bond acceptors (Lipinski definition) is 2. The number of allylic oxidation sites excluding steroid dienone is 1. The van der Waals surface area contributed by atoms with Crippen molar-refractivity contribution in [2.45, 2.75) is 64.9 Å². The first-order valence-corrected chi connectivity index (χ1v) is 10.5. The largest absolute Gasteiger partial charge is 0.400 e. The zero-order valence-electron chi connectivity index (χ0n) is 13.7. The molecule has 3 heteroatoms. The van der Waals surface area contributed by atoms with E-state index in [0.29, 0.717) is 0 Å². The summed E-state index contributed by atoms with van der Waals surface area (Å²) in [7, 11) is -1.61. The van der Waals surface area contributed by atoms with Crippen LogP contribution in [0.15, 0.2) is 12.2 Å². The molecular weight excluding hydrogens is 250 g/mol. The molecule has 1 rings (SSSR count). The second-order valence-electron chi connectivity index (χ2n) is 7.58. The minimum Gasteiger partial charge on any atom is -0.400 e. The predicted molar refractivity (Wildman–Crippen MR) is 85.7 cm³/mol. The fourth-order valence-electron chi connectivity index (χ4n) is 2.37. The molecule has 0 saturated carbocycles. The molecule has 0 bridgehead atoms. The number of nitrogens with zero attached hydrogens (tertiary/aromatic N) is 1. The van der Waals surface area contributed by atoms with Crippen LogP contribution in [0, 0.1) is 11.8 Å². The predicted octanol–water partition coefficient (Wildman–Crippen LogP) is 3.66. The third-order valence-corrected chi connectivity index (χ3v) is 4.19. The van der Waals surface area contributed by atoms with Gasteiger partial charge < -0.3 is 4.43 Å². The molecule has 1 unspecified atom stereocenters. The minimum absolute atomic E-state index is 0.176. The van der Waals surface area contributed by atoms with Crippen molar-refractivity contribution in [1.82, 2.24) is 4.90 Å². The highest BCUT2D eigenvalue weighted by Gasteiger charge is 2.43. The van der Waals surface area contributed by atoms with E-state index >= 15 is 0 Å². The van der Waals surface area contributed by atoms with E-state index in [2.05, 4.69) is 63.7 Å². The van der Waals surface area contributed by atoms with Crippen LogP contribution in [0.2, 0.25) is 19.6 Å². The molecule has 1 saturated heterocycles. The molecule has 0 spiro atoms. The first kappa shape index (κ1) is 16.5. The van der Waals surface area contributed by atoms with Crippen LogP contribution in [0.5, 0.6) is 0 Å². The highest BCUT2D eigenvalue weighted by atomic mass is 28.4. The van der Waals surface area contributed by atoms with Gasteiger partial charge in [0, 0.05) is 25.0 Å². The maximum absolute atomic E-state index is 6.44. The summed E-state index contributed by atoms with van der Waals surface area (Å²) in [5.41, 5.74) is 0.791. The fraction of sp³-hybridized carbons (Fsp3) is 0.750. The fourth-order valence-corrected chi connectivity index (χ4v) is 3.76. The van der Waals surface area contributed by atoms with E-state index in [9.17, 15) is 0 Å². The lowest BCUT2D eigenvalue weighted by molar-refractivity contribution is 0.0989. The Morgan fingerprint density at radius 3 is 2.26 bits per heavy atom. The van der Waals surface area contributed by atoms with E-state index in [0.717, 1.165) is 25.1 Å². The molecule has 0 aromatic carbocycles. The lowest BCUT2D eigenvalue weighted by Gasteiger charge is -2.35. The third-order valence-electron chi connectivity index (χ3n) is 3.19. The molecular formula is C16H29NOSi. The van der Waals surface area contributed by atoms with Gasteiger partial charge in [-0.2, -0.15) is 0 Å². The van der Waals surface area contributed by atoms with Gasteiger partial charge in [0.1, 0.15) is 5.60 Å². The average Bonchev–Trinajstić information content (AvgIpc) is 2.56. The Balaban J connectivity index is 2.98. The monoisotopic (exact) mass is 279 g/mol. The highest BCUT2D eigenvalue weighted by molar-refractivity contribution is 6.69. The standard InChI is InChI=1S/C16H29NOSi/c1-14(2)9-10-16(18-19(6,7)8)11-12-17(13-16)15(3,4)5/h1,11-13H2,2-8H3. The molecule has 108 valence electrons. The van der Waals surface area contributed by atoms with E-state index in [4.69, 9.17) is 4.43 Å². The van der Waals surface area contributed by atoms with Gasteiger partial charge in [-0.15, -0.1) is 0 Å². The summed E-state index contributed by atoms with van der Waals surface area (Å²) in [5, 5.41) is 0. The van der Waals surface area contributed by atoms with Crippen molar-refractivity contribution >= 4 is 8.32 Å². The van der Waals surface area contributed by atoms with E-state index in [-0.39, 0.29) is 11.1 Å². The molecule has 0 aromatic rings. The van der Waals surface area contributed by atoms with Gasteiger partial charge in [-0.25, -0.2) is 0 Å². The van der Waals surface area contributed by atoms with Gasteiger partial charge in [-0.1, -0.05) is 18.4 Å². The average molecular weight is 280 g/mol. The Labute approximate surface area is 120 Å². The van der Waals surface area contributed by atoms with Crippen molar-refractivity contribution in [1.29, 1.82) is 0 Å². The van der Waals surface area contributed by atoms with E-state index in [1.165, 1.54) is 0 Å². The van der Waals surface area contributed by atoms with Crippen LogP contribution < -0.4 is 0 Å². The van der Waals surface area contributed by atoms with Crippen LogP contribution >= 0.6 is 0 Å². The Bertz CT molecular complexity index is 405. The van der Waals surface area contributed by atoms with E-state index < -0.39 is 8.32 Å². The molecule has 19 heavy (non-hydrogen) atoms. The van der Waals surface area contributed by atoms with Gasteiger partial charge in [0.2, 0.25) is 0 Å².